The molecule has 1 nitrogen and oxygen atoms in total. The second-order valence-corrected chi connectivity index (χ2v) is 6.01. The van der Waals surface area contributed by atoms with Crippen LogP contribution in [0.1, 0.15) is 46.5 Å². The molecular weight excluding hydrogens is 196 g/mol. The second kappa shape index (κ2) is 4.03. The number of allylic oxidation sites excluding steroid dienone is 1. The summed E-state index contributed by atoms with van der Waals surface area (Å²) in [6.07, 6.45) is 6.41. The lowest BCUT2D eigenvalue weighted by Crippen LogP contribution is -2.48. The molecule has 16 heavy (non-hydrogen) atoms. The minimum absolute atomic E-state index is 0.308. The summed E-state index contributed by atoms with van der Waals surface area (Å²) in [6, 6.07) is 0. The second-order valence-electron chi connectivity index (χ2n) is 6.01. The van der Waals surface area contributed by atoms with Crippen LogP contribution in [-0.4, -0.2) is 10.7 Å². The van der Waals surface area contributed by atoms with E-state index in [1.165, 1.54) is 12.0 Å². The molecule has 0 aromatic heterocycles. The zero-order valence-corrected chi connectivity index (χ0v) is 10.8. The first-order valence-electron chi connectivity index (χ1n) is 6.53. The molecule has 90 valence electrons. The maximum absolute atomic E-state index is 10.9. The first-order chi connectivity index (χ1) is 7.45. The standard InChI is InChI=1S/C15H24O/c1-10(2)13-6-5-12(4)15(16)8-7-11(3)9-14(13)15/h9-10,13-14,16H,4-8H2,1-3H3/t13?,14-,15+/m1/s1. The van der Waals surface area contributed by atoms with Crippen molar-refractivity contribution in [2.45, 2.75) is 52.1 Å². The first kappa shape index (κ1) is 11.9. The van der Waals surface area contributed by atoms with E-state index in [2.05, 4.69) is 33.4 Å². The van der Waals surface area contributed by atoms with Crippen molar-refractivity contribution in [2.75, 3.05) is 0 Å². The minimum atomic E-state index is -0.604. The average Bonchev–Trinajstić information content (AvgIpc) is 2.21. The van der Waals surface area contributed by atoms with Gasteiger partial charge in [-0.1, -0.05) is 32.1 Å². The van der Waals surface area contributed by atoms with Crippen LogP contribution in [-0.2, 0) is 0 Å². The molecule has 0 aromatic rings. The molecular formula is C15H24O. The highest BCUT2D eigenvalue weighted by Crippen LogP contribution is 2.49. The molecule has 1 N–H and O–H groups in total. The summed E-state index contributed by atoms with van der Waals surface area (Å²) in [7, 11) is 0. The molecule has 0 radical (unpaired) electrons. The van der Waals surface area contributed by atoms with Crippen LogP contribution >= 0.6 is 0 Å². The largest absolute Gasteiger partial charge is 0.385 e. The molecule has 0 amide bonds. The summed E-state index contributed by atoms with van der Waals surface area (Å²) in [4.78, 5) is 0. The zero-order valence-electron chi connectivity index (χ0n) is 10.8. The van der Waals surface area contributed by atoms with E-state index in [0.717, 1.165) is 24.8 Å². The van der Waals surface area contributed by atoms with Gasteiger partial charge < -0.3 is 5.11 Å². The van der Waals surface area contributed by atoms with E-state index < -0.39 is 5.60 Å². The molecule has 2 rings (SSSR count). The lowest BCUT2D eigenvalue weighted by atomic mass is 9.59. The van der Waals surface area contributed by atoms with Crippen LogP contribution in [0.15, 0.2) is 23.8 Å². The minimum Gasteiger partial charge on any atom is -0.385 e. The van der Waals surface area contributed by atoms with Gasteiger partial charge in [-0.2, -0.15) is 0 Å². The molecule has 3 atom stereocenters. The zero-order chi connectivity index (χ0) is 11.9. The molecule has 2 aliphatic carbocycles. The maximum atomic E-state index is 10.9. The fraction of sp³-hybridized carbons (Fsp3) is 0.733. The fourth-order valence-corrected chi connectivity index (χ4v) is 3.46. The van der Waals surface area contributed by atoms with E-state index in [9.17, 15) is 5.11 Å². The molecule has 1 unspecified atom stereocenters. The van der Waals surface area contributed by atoms with Gasteiger partial charge in [0.2, 0.25) is 0 Å². The van der Waals surface area contributed by atoms with Gasteiger partial charge in [-0.25, -0.2) is 0 Å². The Morgan fingerprint density at radius 1 is 1.44 bits per heavy atom. The van der Waals surface area contributed by atoms with E-state index in [4.69, 9.17) is 0 Å². The number of hydrogen-bond acceptors (Lipinski definition) is 1. The van der Waals surface area contributed by atoms with Crippen molar-refractivity contribution in [3.63, 3.8) is 0 Å². The monoisotopic (exact) mass is 220 g/mol. The number of hydrogen-bond donors (Lipinski definition) is 1. The Morgan fingerprint density at radius 3 is 2.75 bits per heavy atom. The Balaban J connectivity index is 2.36. The van der Waals surface area contributed by atoms with Crippen molar-refractivity contribution < 1.29 is 5.11 Å². The van der Waals surface area contributed by atoms with Crippen molar-refractivity contribution in [2.24, 2.45) is 17.8 Å². The van der Waals surface area contributed by atoms with E-state index in [1.807, 2.05) is 0 Å². The lowest BCUT2D eigenvalue weighted by molar-refractivity contribution is -0.0320. The van der Waals surface area contributed by atoms with Gasteiger partial charge in [0.25, 0.3) is 0 Å². The van der Waals surface area contributed by atoms with E-state index in [1.54, 1.807) is 0 Å². The van der Waals surface area contributed by atoms with Gasteiger partial charge in [0.15, 0.2) is 0 Å². The van der Waals surface area contributed by atoms with Gasteiger partial charge in [0.05, 0.1) is 5.60 Å². The number of rotatable bonds is 1. The molecule has 0 spiro atoms. The Bertz CT molecular complexity index is 326. The summed E-state index contributed by atoms with van der Waals surface area (Å²) in [5.74, 6) is 1.57. The third-order valence-corrected chi connectivity index (χ3v) is 4.63. The van der Waals surface area contributed by atoms with Gasteiger partial charge in [0, 0.05) is 5.92 Å². The lowest BCUT2D eigenvalue weighted by Gasteiger charge is -2.49. The Labute approximate surface area is 99.3 Å². The summed E-state index contributed by atoms with van der Waals surface area (Å²) in [5, 5.41) is 10.9. The summed E-state index contributed by atoms with van der Waals surface area (Å²) in [6.45, 7) is 10.8. The van der Waals surface area contributed by atoms with Crippen molar-refractivity contribution in [1.82, 2.24) is 0 Å². The van der Waals surface area contributed by atoms with Gasteiger partial charge in [0.1, 0.15) is 0 Å². The van der Waals surface area contributed by atoms with Gasteiger partial charge in [-0.3, -0.25) is 0 Å². The highest BCUT2D eigenvalue weighted by molar-refractivity contribution is 5.27. The van der Waals surface area contributed by atoms with Gasteiger partial charge >= 0.3 is 0 Å². The smallest absolute Gasteiger partial charge is 0.0922 e. The Morgan fingerprint density at radius 2 is 2.12 bits per heavy atom. The van der Waals surface area contributed by atoms with Crippen LogP contribution in [0, 0.1) is 17.8 Å². The van der Waals surface area contributed by atoms with Crippen LogP contribution in [0.5, 0.6) is 0 Å². The van der Waals surface area contributed by atoms with Crippen molar-refractivity contribution in [1.29, 1.82) is 0 Å². The Kier molecular flexibility index (Phi) is 3.00. The highest BCUT2D eigenvalue weighted by atomic mass is 16.3. The average molecular weight is 220 g/mol. The van der Waals surface area contributed by atoms with Crippen molar-refractivity contribution in [3.05, 3.63) is 23.8 Å². The van der Waals surface area contributed by atoms with Crippen LogP contribution in [0.25, 0.3) is 0 Å². The van der Waals surface area contributed by atoms with Crippen molar-refractivity contribution >= 4 is 0 Å². The molecule has 1 fully saturated rings. The van der Waals surface area contributed by atoms with E-state index >= 15 is 0 Å². The molecule has 0 aliphatic heterocycles. The van der Waals surface area contributed by atoms with Crippen LogP contribution < -0.4 is 0 Å². The molecule has 0 saturated heterocycles. The number of fused-ring (bicyclic) bond motifs is 1. The van der Waals surface area contributed by atoms with Crippen LogP contribution in [0.2, 0.25) is 0 Å². The molecule has 0 heterocycles. The predicted octanol–water partition coefficient (Wildman–Crippen LogP) is 3.70. The fourth-order valence-electron chi connectivity index (χ4n) is 3.46. The maximum Gasteiger partial charge on any atom is 0.0922 e. The molecule has 1 saturated carbocycles. The molecule has 0 aromatic carbocycles. The number of aliphatic hydroxyl groups is 1. The van der Waals surface area contributed by atoms with Crippen LogP contribution in [0.4, 0.5) is 0 Å². The highest BCUT2D eigenvalue weighted by Gasteiger charge is 2.47. The topological polar surface area (TPSA) is 20.2 Å². The Hall–Kier alpha value is -0.560. The first-order valence-corrected chi connectivity index (χ1v) is 6.53. The van der Waals surface area contributed by atoms with E-state index in [0.29, 0.717) is 17.8 Å². The normalized spacial score (nSPS) is 39.6. The third kappa shape index (κ3) is 1.75. The van der Waals surface area contributed by atoms with Gasteiger partial charge in [-0.05, 0) is 50.0 Å². The van der Waals surface area contributed by atoms with Crippen molar-refractivity contribution in [3.8, 4) is 0 Å². The predicted molar refractivity (Wildman–Crippen MR) is 68.1 cm³/mol. The summed E-state index contributed by atoms with van der Waals surface area (Å²) < 4.78 is 0. The third-order valence-electron chi connectivity index (χ3n) is 4.63. The van der Waals surface area contributed by atoms with E-state index in [-0.39, 0.29) is 0 Å². The SMILES string of the molecule is C=C1CCC(C(C)C)[C@H]2C=C(C)CC[C@]12O. The van der Waals surface area contributed by atoms with Crippen LogP contribution in [0.3, 0.4) is 0 Å². The molecule has 0 bridgehead atoms. The summed E-state index contributed by atoms with van der Waals surface area (Å²) in [5.41, 5.74) is 1.90. The summed E-state index contributed by atoms with van der Waals surface area (Å²) >= 11 is 0. The molecule has 2 aliphatic rings. The molecule has 1 heteroatoms. The van der Waals surface area contributed by atoms with Gasteiger partial charge in [-0.15, -0.1) is 0 Å². The quantitative estimate of drug-likeness (QED) is 0.668.